The smallest absolute Gasteiger partial charge is 0.339 e. The molecule has 4 rings (SSSR count). The van der Waals surface area contributed by atoms with E-state index in [9.17, 15) is 14.7 Å². The lowest BCUT2D eigenvalue weighted by Crippen LogP contribution is -2.39. The number of pyridine rings is 1. The molecule has 1 aromatic carbocycles. The minimum absolute atomic E-state index is 0.0966. The van der Waals surface area contributed by atoms with Crippen molar-refractivity contribution < 1.29 is 24.2 Å². The molecular weight excluding hydrogens is 436 g/mol. The number of hydrogen-bond donors (Lipinski definition) is 2. The van der Waals surface area contributed by atoms with Crippen LogP contribution in [0.3, 0.4) is 0 Å². The number of carbonyl (C=O) groups excluding carboxylic acids is 1. The predicted molar refractivity (Wildman–Crippen MR) is 129 cm³/mol. The van der Waals surface area contributed by atoms with E-state index >= 15 is 0 Å². The molecule has 1 amide bonds. The summed E-state index contributed by atoms with van der Waals surface area (Å²) >= 11 is 0. The number of amides is 1. The molecule has 2 fully saturated rings. The van der Waals surface area contributed by atoms with Crippen LogP contribution in [0.5, 0.6) is 5.75 Å². The Morgan fingerprint density at radius 2 is 1.85 bits per heavy atom. The number of carboxylic acid groups (broad SMARTS) is 1. The monoisotopic (exact) mass is 468 g/mol. The van der Waals surface area contributed by atoms with Gasteiger partial charge in [0.05, 0.1) is 32.2 Å². The van der Waals surface area contributed by atoms with E-state index in [2.05, 4.69) is 15.2 Å². The van der Waals surface area contributed by atoms with Crippen LogP contribution in [0.25, 0.3) is 0 Å². The number of carboxylic acids is 1. The van der Waals surface area contributed by atoms with Crippen LogP contribution in [0.1, 0.15) is 40.0 Å². The standard InChI is InChI=1S/C25H32N4O5/c1-33-21-4-2-19(3-5-21)24(30)27-20-16-22(25(31)32)23(26-17-20)29-10-7-18(8-11-29)6-9-28-12-14-34-15-13-28/h2-5,16-18H,6-15H2,1H3,(H,27,30)(H,31,32). The first-order valence-corrected chi connectivity index (χ1v) is 11.8. The number of morpholine rings is 1. The number of aromatic nitrogens is 1. The van der Waals surface area contributed by atoms with Crippen molar-refractivity contribution in [3.05, 3.63) is 47.7 Å². The van der Waals surface area contributed by atoms with Gasteiger partial charge in [-0.05, 0) is 62.1 Å². The molecule has 0 atom stereocenters. The van der Waals surface area contributed by atoms with E-state index in [4.69, 9.17) is 9.47 Å². The molecular formula is C25H32N4O5. The number of anilines is 2. The Hall–Kier alpha value is -3.17. The van der Waals surface area contributed by atoms with E-state index in [0.29, 0.717) is 28.7 Å². The fourth-order valence-corrected chi connectivity index (χ4v) is 4.50. The second-order valence-corrected chi connectivity index (χ2v) is 8.76. The molecule has 9 nitrogen and oxygen atoms in total. The number of carbonyl (C=O) groups is 2. The van der Waals surface area contributed by atoms with Crippen LogP contribution in [-0.4, -0.2) is 79.9 Å². The summed E-state index contributed by atoms with van der Waals surface area (Å²) < 4.78 is 10.5. The first-order valence-electron chi connectivity index (χ1n) is 11.8. The molecule has 0 aliphatic carbocycles. The van der Waals surface area contributed by atoms with Gasteiger partial charge in [0.2, 0.25) is 0 Å². The van der Waals surface area contributed by atoms with E-state index in [1.165, 1.54) is 12.3 Å². The van der Waals surface area contributed by atoms with Crippen molar-refractivity contribution in [2.75, 3.05) is 63.3 Å². The molecule has 3 heterocycles. The van der Waals surface area contributed by atoms with Crippen LogP contribution in [-0.2, 0) is 4.74 Å². The molecule has 0 bridgehead atoms. The third kappa shape index (κ3) is 6.03. The maximum atomic E-state index is 12.5. The molecule has 2 saturated heterocycles. The van der Waals surface area contributed by atoms with Crippen LogP contribution in [0.15, 0.2) is 36.5 Å². The minimum Gasteiger partial charge on any atom is -0.497 e. The van der Waals surface area contributed by atoms with Gasteiger partial charge >= 0.3 is 5.97 Å². The molecule has 0 radical (unpaired) electrons. The van der Waals surface area contributed by atoms with Crippen LogP contribution < -0.4 is 15.0 Å². The quantitative estimate of drug-likeness (QED) is 0.609. The van der Waals surface area contributed by atoms with Crippen molar-refractivity contribution in [2.24, 2.45) is 5.92 Å². The Kier molecular flexibility index (Phi) is 7.97. The Balaban J connectivity index is 1.36. The van der Waals surface area contributed by atoms with Gasteiger partial charge in [-0.25, -0.2) is 9.78 Å². The highest BCUT2D eigenvalue weighted by atomic mass is 16.5. The Morgan fingerprint density at radius 1 is 1.15 bits per heavy atom. The fourth-order valence-electron chi connectivity index (χ4n) is 4.50. The van der Waals surface area contributed by atoms with Gasteiger partial charge in [-0.1, -0.05) is 0 Å². The molecule has 9 heteroatoms. The van der Waals surface area contributed by atoms with E-state index in [0.717, 1.165) is 65.2 Å². The van der Waals surface area contributed by atoms with Gasteiger partial charge < -0.3 is 24.8 Å². The summed E-state index contributed by atoms with van der Waals surface area (Å²) in [6.07, 6.45) is 4.71. The van der Waals surface area contributed by atoms with Crippen molar-refractivity contribution >= 4 is 23.4 Å². The fraction of sp³-hybridized carbons (Fsp3) is 0.480. The highest BCUT2D eigenvalue weighted by Crippen LogP contribution is 2.28. The molecule has 1 aromatic heterocycles. The Labute approximate surface area is 199 Å². The number of benzene rings is 1. The number of nitrogens with zero attached hydrogens (tertiary/aromatic N) is 3. The second-order valence-electron chi connectivity index (χ2n) is 8.76. The van der Waals surface area contributed by atoms with Gasteiger partial charge in [-0.15, -0.1) is 0 Å². The number of nitrogens with one attached hydrogen (secondary N) is 1. The molecule has 2 N–H and O–H groups in total. The highest BCUT2D eigenvalue weighted by molar-refractivity contribution is 6.05. The van der Waals surface area contributed by atoms with E-state index in [1.807, 2.05) is 4.90 Å². The number of ether oxygens (including phenoxy) is 2. The third-order valence-corrected chi connectivity index (χ3v) is 6.58. The lowest BCUT2D eigenvalue weighted by atomic mass is 9.93. The van der Waals surface area contributed by atoms with Gasteiger partial charge in [0.25, 0.3) is 5.91 Å². The summed E-state index contributed by atoms with van der Waals surface area (Å²) in [6, 6.07) is 8.18. The topological polar surface area (TPSA) is 104 Å². The normalized spacial score (nSPS) is 17.4. The van der Waals surface area contributed by atoms with E-state index in [-0.39, 0.29) is 11.5 Å². The van der Waals surface area contributed by atoms with Crippen LogP contribution in [0.2, 0.25) is 0 Å². The minimum atomic E-state index is -1.06. The van der Waals surface area contributed by atoms with Crippen molar-refractivity contribution in [3.8, 4) is 5.75 Å². The summed E-state index contributed by atoms with van der Waals surface area (Å²) in [4.78, 5) is 33.5. The van der Waals surface area contributed by atoms with Crippen molar-refractivity contribution in [3.63, 3.8) is 0 Å². The number of rotatable bonds is 8. The highest BCUT2D eigenvalue weighted by Gasteiger charge is 2.25. The van der Waals surface area contributed by atoms with Gasteiger partial charge in [0.15, 0.2) is 0 Å². The number of aromatic carboxylic acids is 1. The lowest BCUT2D eigenvalue weighted by Gasteiger charge is -2.35. The largest absolute Gasteiger partial charge is 0.497 e. The molecule has 34 heavy (non-hydrogen) atoms. The summed E-state index contributed by atoms with van der Waals surface area (Å²) in [5.74, 6) is 0.352. The van der Waals surface area contributed by atoms with Crippen molar-refractivity contribution in [1.29, 1.82) is 0 Å². The average Bonchev–Trinajstić information content (AvgIpc) is 2.88. The zero-order chi connectivity index (χ0) is 23.9. The number of hydrogen-bond acceptors (Lipinski definition) is 7. The molecule has 2 aliphatic heterocycles. The molecule has 182 valence electrons. The summed E-state index contributed by atoms with van der Waals surface area (Å²) in [5.41, 5.74) is 0.891. The molecule has 0 spiro atoms. The molecule has 0 unspecified atom stereocenters. The lowest BCUT2D eigenvalue weighted by molar-refractivity contribution is 0.0349. The zero-order valence-corrected chi connectivity index (χ0v) is 19.5. The zero-order valence-electron chi connectivity index (χ0n) is 19.5. The Morgan fingerprint density at radius 3 is 2.50 bits per heavy atom. The van der Waals surface area contributed by atoms with Gasteiger partial charge in [0.1, 0.15) is 17.1 Å². The van der Waals surface area contributed by atoms with Gasteiger partial charge in [-0.2, -0.15) is 0 Å². The van der Waals surface area contributed by atoms with Gasteiger partial charge in [-0.3, -0.25) is 9.69 Å². The summed E-state index contributed by atoms with van der Waals surface area (Å²) in [5, 5.41) is 12.5. The molecule has 2 aliphatic rings. The maximum absolute atomic E-state index is 12.5. The van der Waals surface area contributed by atoms with Gasteiger partial charge in [0, 0.05) is 31.7 Å². The molecule has 0 saturated carbocycles. The summed E-state index contributed by atoms with van der Waals surface area (Å²) in [7, 11) is 1.56. The first-order chi connectivity index (χ1) is 16.5. The summed E-state index contributed by atoms with van der Waals surface area (Å²) in [6.45, 7) is 6.29. The maximum Gasteiger partial charge on any atom is 0.339 e. The molecule has 2 aromatic rings. The first kappa shape index (κ1) is 24.0. The van der Waals surface area contributed by atoms with E-state index in [1.54, 1.807) is 31.4 Å². The SMILES string of the molecule is COc1ccc(C(=O)Nc2cnc(N3CCC(CCN4CCOCC4)CC3)c(C(=O)O)c2)cc1. The van der Waals surface area contributed by atoms with Crippen molar-refractivity contribution in [1.82, 2.24) is 9.88 Å². The predicted octanol–water partition coefficient (Wildman–Crippen LogP) is 2.98. The van der Waals surface area contributed by atoms with E-state index < -0.39 is 5.97 Å². The number of piperidine rings is 1. The Bertz CT molecular complexity index is 983. The van der Waals surface area contributed by atoms with Crippen LogP contribution in [0, 0.1) is 5.92 Å². The average molecular weight is 469 g/mol. The second kappa shape index (κ2) is 11.3. The van der Waals surface area contributed by atoms with Crippen LogP contribution in [0.4, 0.5) is 11.5 Å². The van der Waals surface area contributed by atoms with Crippen molar-refractivity contribution in [2.45, 2.75) is 19.3 Å². The third-order valence-electron chi connectivity index (χ3n) is 6.58. The number of methoxy groups -OCH3 is 1. The van der Waals surface area contributed by atoms with Crippen LogP contribution >= 0.6 is 0 Å².